The van der Waals surface area contributed by atoms with Gasteiger partial charge in [-0.2, -0.15) is 0 Å². The standard InChI is InChI=1S/C10H21NO4S/c1-11(16(13,14)8-4-6-12)9-10-5-2-3-7-15-10/h10,12H,2-9H2,1H3. The summed E-state index contributed by atoms with van der Waals surface area (Å²) in [6.07, 6.45) is 3.42. The highest BCUT2D eigenvalue weighted by molar-refractivity contribution is 7.89. The predicted molar refractivity (Wildman–Crippen MR) is 61.7 cm³/mol. The second-order valence-corrected chi connectivity index (χ2v) is 6.36. The topological polar surface area (TPSA) is 66.8 Å². The monoisotopic (exact) mass is 251 g/mol. The quantitative estimate of drug-likeness (QED) is 0.732. The lowest BCUT2D eigenvalue weighted by atomic mass is 10.1. The number of ether oxygens (including phenoxy) is 1. The molecule has 5 nitrogen and oxygen atoms in total. The summed E-state index contributed by atoms with van der Waals surface area (Å²) in [5, 5.41) is 8.63. The molecule has 1 saturated heterocycles. The molecule has 1 rings (SSSR count). The summed E-state index contributed by atoms with van der Waals surface area (Å²) in [7, 11) is -1.65. The van der Waals surface area contributed by atoms with Gasteiger partial charge in [0.25, 0.3) is 0 Å². The normalized spacial score (nSPS) is 22.6. The van der Waals surface area contributed by atoms with E-state index < -0.39 is 10.0 Å². The Morgan fingerprint density at radius 3 is 2.75 bits per heavy atom. The van der Waals surface area contributed by atoms with Gasteiger partial charge in [0, 0.05) is 26.8 Å². The molecular weight excluding hydrogens is 230 g/mol. The molecule has 1 N–H and O–H groups in total. The van der Waals surface area contributed by atoms with Crippen molar-refractivity contribution in [1.82, 2.24) is 4.31 Å². The summed E-state index contributed by atoms with van der Waals surface area (Å²) in [5.41, 5.74) is 0. The van der Waals surface area contributed by atoms with Crippen LogP contribution in [0.15, 0.2) is 0 Å². The van der Waals surface area contributed by atoms with Gasteiger partial charge in [-0.25, -0.2) is 12.7 Å². The van der Waals surface area contributed by atoms with Crippen molar-refractivity contribution in [3.63, 3.8) is 0 Å². The molecule has 0 aromatic rings. The van der Waals surface area contributed by atoms with E-state index in [-0.39, 0.29) is 24.9 Å². The van der Waals surface area contributed by atoms with Crippen LogP contribution < -0.4 is 0 Å². The summed E-state index contributed by atoms with van der Waals surface area (Å²) in [6, 6.07) is 0. The highest BCUT2D eigenvalue weighted by Crippen LogP contribution is 2.14. The number of hydrogen-bond donors (Lipinski definition) is 1. The summed E-state index contributed by atoms with van der Waals surface area (Å²) < 4.78 is 30.3. The van der Waals surface area contributed by atoms with Crippen molar-refractivity contribution in [3.8, 4) is 0 Å². The molecule has 0 bridgehead atoms. The molecule has 6 heteroatoms. The first-order chi connectivity index (χ1) is 7.56. The van der Waals surface area contributed by atoms with Gasteiger partial charge in [-0.3, -0.25) is 0 Å². The largest absolute Gasteiger partial charge is 0.396 e. The second-order valence-electron chi connectivity index (χ2n) is 4.16. The van der Waals surface area contributed by atoms with Crippen LogP contribution in [0.4, 0.5) is 0 Å². The summed E-state index contributed by atoms with van der Waals surface area (Å²) in [6.45, 7) is 1.07. The molecule has 96 valence electrons. The molecule has 16 heavy (non-hydrogen) atoms. The van der Waals surface area contributed by atoms with Gasteiger partial charge in [-0.15, -0.1) is 0 Å². The first-order valence-electron chi connectivity index (χ1n) is 5.73. The highest BCUT2D eigenvalue weighted by Gasteiger charge is 2.22. The van der Waals surface area contributed by atoms with E-state index in [0.29, 0.717) is 6.54 Å². The van der Waals surface area contributed by atoms with Gasteiger partial charge in [0.1, 0.15) is 0 Å². The third-order valence-electron chi connectivity index (χ3n) is 2.77. The Morgan fingerprint density at radius 1 is 1.44 bits per heavy atom. The van der Waals surface area contributed by atoms with Crippen molar-refractivity contribution in [2.75, 3.05) is 32.6 Å². The first-order valence-corrected chi connectivity index (χ1v) is 7.33. The molecule has 0 aromatic heterocycles. The van der Waals surface area contributed by atoms with Crippen LogP contribution in [0.1, 0.15) is 25.7 Å². The van der Waals surface area contributed by atoms with E-state index in [1.165, 1.54) is 4.31 Å². The van der Waals surface area contributed by atoms with Crippen molar-refractivity contribution >= 4 is 10.0 Å². The van der Waals surface area contributed by atoms with E-state index in [0.717, 1.165) is 25.9 Å². The zero-order valence-electron chi connectivity index (χ0n) is 9.76. The van der Waals surface area contributed by atoms with Crippen LogP contribution in [0, 0.1) is 0 Å². The number of nitrogens with zero attached hydrogens (tertiary/aromatic N) is 1. The maximum Gasteiger partial charge on any atom is 0.214 e. The van der Waals surface area contributed by atoms with Crippen LogP contribution in [-0.4, -0.2) is 56.5 Å². The highest BCUT2D eigenvalue weighted by atomic mass is 32.2. The van der Waals surface area contributed by atoms with Gasteiger partial charge < -0.3 is 9.84 Å². The second kappa shape index (κ2) is 6.54. The molecule has 1 heterocycles. The lowest BCUT2D eigenvalue weighted by Crippen LogP contribution is -2.38. The number of rotatable bonds is 6. The Labute approximate surface area is 97.4 Å². The minimum absolute atomic E-state index is 0.00667. The van der Waals surface area contributed by atoms with Crippen LogP contribution in [0.25, 0.3) is 0 Å². The maximum absolute atomic E-state index is 11.7. The number of sulfonamides is 1. The number of aliphatic hydroxyl groups excluding tert-OH is 1. The maximum atomic E-state index is 11.7. The molecule has 1 atom stereocenters. The van der Waals surface area contributed by atoms with Crippen molar-refractivity contribution in [1.29, 1.82) is 0 Å². The molecule has 0 saturated carbocycles. The predicted octanol–water partition coefficient (Wildman–Crippen LogP) is 0.200. The SMILES string of the molecule is CN(CC1CCCCO1)S(=O)(=O)CCCO. The van der Waals surface area contributed by atoms with Gasteiger partial charge in [0.15, 0.2) is 0 Å². The lowest BCUT2D eigenvalue weighted by Gasteiger charge is -2.27. The summed E-state index contributed by atoms with van der Waals surface area (Å²) >= 11 is 0. The first kappa shape index (κ1) is 13.9. The van der Waals surface area contributed by atoms with Crippen molar-refractivity contribution in [2.24, 2.45) is 0 Å². The molecule has 1 fully saturated rings. The Bertz CT molecular complexity index is 285. The van der Waals surface area contributed by atoms with Crippen molar-refractivity contribution in [2.45, 2.75) is 31.8 Å². The molecule has 0 radical (unpaired) electrons. The summed E-state index contributed by atoms with van der Waals surface area (Å²) in [5.74, 6) is 0.00667. The van der Waals surface area contributed by atoms with E-state index >= 15 is 0 Å². The molecule has 1 unspecified atom stereocenters. The van der Waals surface area contributed by atoms with E-state index in [1.807, 2.05) is 0 Å². The zero-order valence-corrected chi connectivity index (χ0v) is 10.6. The molecular formula is C10H21NO4S. The molecule has 0 aromatic carbocycles. The fourth-order valence-corrected chi connectivity index (χ4v) is 2.95. The number of hydrogen-bond acceptors (Lipinski definition) is 4. The van der Waals surface area contributed by atoms with Crippen LogP contribution in [-0.2, 0) is 14.8 Å². The molecule has 0 spiro atoms. The Hall–Kier alpha value is -0.170. The third kappa shape index (κ3) is 4.37. The van der Waals surface area contributed by atoms with E-state index in [2.05, 4.69) is 0 Å². The third-order valence-corrected chi connectivity index (χ3v) is 4.67. The average molecular weight is 251 g/mol. The van der Waals surface area contributed by atoms with Crippen LogP contribution in [0.3, 0.4) is 0 Å². The minimum Gasteiger partial charge on any atom is -0.396 e. The van der Waals surface area contributed by atoms with Gasteiger partial charge in [-0.05, 0) is 25.7 Å². The van der Waals surface area contributed by atoms with E-state index in [1.54, 1.807) is 7.05 Å². The minimum atomic E-state index is -3.23. The smallest absolute Gasteiger partial charge is 0.214 e. The zero-order chi connectivity index (χ0) is 12.0. The van der Waals surface area contributed by atoms with Crippen molar-refractivity contribution in [3.05, 3.63) is 0 Å². The molecule has 1 aliphatic rings. The summed E-state index contributed by atoms with van der Waals surface area (Å²) in [4.78, 5) is 0. The van der Waals surface area contributed by atoms with Gasteiger partial charge in [0.2, 0.25) is 10.0 Å². The fraction of sp³-hybridized carbons (Fsp3) is 1.00. The number of likely N-dealkylation sites (N-methyl/N-ethyl adjacent to an activating group) is 1. The van der Waals surface area contributed by atoms with Crippen LogP contribution >= 0.6 is 0 Å². The average Bonchev–Trinajstić information content (AvgIpc) is 2.28. The van der Waals surface area contributed by atoms with Crippen molar-refractivity contribution < 1.29 is 18.3 Å². The van der Waals surface area contributed by atoms with Gasteiger partial charge >= 0.3 is 0 Å². The fourth-order valence-electron chi connectivity index (χ4n) is 1.75. The molecule has 0 aliphatic carbocycles. The Balaban J connectivity index is 2.40. The number of aliphatic hydroxyl groups is 1. The lowest BCUT2D eigenvalue weighted by molar-refractivity contribution is 0.00858. The van der Waals surface area contributed by atoms with E-state index in [9.17, 15) is 8.42 Å². The van der Waals surface area contributed by atoms with Gasteiger partial charge in [0.05, 0.1) is 11.9 Å². The van der Waals surface area contributed by atoms with Crippen LogP contribution in [0.2, 0.25) is 0 Å². The van der Waals surface area contributed by atoms with E-state index in [4.69, 9.17) is 9.84 Å². The molecule has 1 aliphatic heterocycles. The van der Waals surface area contributed by atoms with Gasteiger partial charge in [-0.1, -0.05) is 0 Å². The Kier molecular flexibility index (Phi) is 5.68. The van der Waals surface area contributed by atoms with Crippen LogP contribution in [0.5, 0.6) is 0 Å². The molecule has 0 amide bonds. The Morgan fingerprint density at radius 2 is 2.19 bits per heavy atom.